The van der Waals surface area contributed by atoms with Gasteiger partial charge in [-0.1, -0.05) is 0 Å². The molecule has 0 saturated carbocycles. The van der Waals surface area contributed by atoms with Gasteiger partial charge in [0.2, 0.25) is 0 Å². The molecule has 0 saturated heterocycles. The first-order chi connectivity index (χ1) is 9.24. The molecule has 4 nitrogen and oxygen atoms in total. The normalized spacial score (nSPS) is 13.1. The van der Waals surface area contributed by atoms with E-state index in [0.29, 0.717) is 18.5 Å². The van der Waals surface area contributed by atoms with Crippen molar-refractivity contribution >= 4 is 5.91 Å². The Morgan fingerprint density at radius 2 is 2.00 bits per heavy atom. The van der Waals surface area contributed by atoms with E-state index in [1.54, 1.807) is 0 Å². The Labute approximate surface area is 115 Å². The lowest BCUT2D eigenvalue weighted by Crippen LogP contribution is -2.38. The molecule has 0 heterocycles. The summed E-state index contributed by atoms with van der Waals surface area (Å²) in [6, 6.07) is 2.92. The molecule has 1 rings (SSSR count). The molecular formula is C13H18F3N3O. The topological polar surface area (TPSA) is 81.1 Å². The number of alkyl halides is 3. The lowest BCUT2D eigenvalue weighted by atomic mass is 10.1. The molecule has 5 N–H and O–H groups in total. The lowest BCUT2D eigenvalue weighted by Gasteiger charge is -2.13. The molecule has 0 unspecified atom stereocenters. The summed E-state index contributed by atoms with van der Waals surface area (Å²) in [5.41, 5.74) is 10.5. The fourth-order valence-corrected chi connectivity index (χ4v) is 1.72. The zero-order valence-electron chi connectivity index (χ0n) is 11.1. The van der Waals surface area contributed by atoms with Crippen LogP contribution < -0.4 is 16.8 Å². The van der Waals surface area contributed by atoms with Crippen LogP contribution in [0.15, 0.2) is 18.2 Å². The van der Waals surface area contributed by atoms with Gasteiger partial charge in [-0.25, -0.2) is 0 Å². The molecule has 0 aliphatic heterocycles. The largest absolute Gasteiger partial charge is 0.416 e. The summed E-state index contributed by atoms with van der Waals surface area (Å²) in [4.78, 5) is 11.8. The third kappa shape index (κ3) is 4.82. The smallest absolute Gasteiger partial charge is 0.350 e. The monoisotopic (exact) mass is 289 g/mol. The Bertz CT molecular complexity index is 474. The van der Waals surface area contributed by atoms with Gasteiger partial charge in [0, 0.05) is 18.2 Å². The SMILES string of the molecule is Cc1cc(C(=O)NC[C@@H](N)CCN)cc(C(F)(F)F)c1. The summed E-state index contributed by atoms with van der Waals surface area (Å²) in [5, 5.41) is 2.50. The minimum atomic E-state index is -4.48. The maximum absolute atomic E-state index is 12.7. The van der Waals surface area contributed by atoms with E-state index in [4.69, 9.17) is 11.5 Å². The van der Waals surface area contributed by atoms with E-state index in [1.807, 2.05) is 0 Å². The number of aryl methyl sites for hydroxylation is 1. The van der Waals surface area contributed by atoms with Crippen LogP contribution in [0.25, 0.3) is 0 Å². The first-order valence-corrected chi connectivity index (χ1v) is 6.16. The van der Waals surface area contributed by atoms with Crippen LogP contribution in [0.5, 0.6) is 0 Å². The molecule has 1 aromatic rings. The highest BCUT2D eigenvalue weighted by Gasteiger charge is 2.31. The number of carbonyl (C=O) groups excluding carboxylic acids is 1. The van der Waals surface area contributed by atoms with E-state index in [1.165, 1.54) is 13.0 Å². The van der Waals surface area contributed by atoms with Crippen LogP contribution in [0.1, 0.15) is 27.9 Å². The second kappa shape index (κ2) is 6.71. The van der Waals surface area contributed by atoms with Crippen LogP contribution in [-0.2, 0) is 6.18 Å². The van der Waals surface area contributed by atoms with Gasteiger partial charge in [-0.3, -0.25) is 4.79 Å². The fraction of sp³-hybridized carbons (Fsp3) is 0.462. The fourth-order valence-electron chi connectivity index (χ4n) is 1.72. The van der Waals surface area contributed by atoms with Crippen LogP contribution in [0.2, 0.25) is 0 Å². The average Bonchev–Trinajstić information content (AvgIpc) is 2.34. The van der Waals surface area contributed by atoms with Crippen LogP contribution in [0.4, 0.5) is 13.2 Å². The van der Waals surface area contributed by atoms with Crippen molar-refractivity contribution in [1.29, 1.82) is 0 Å². The van der Waals surface area contributed by atoms with E-state index in [2.05, 4.69) is 5.32 Å². The molecule has 112 valence electrons. The van der Waals surface area contributed by atoms with Crippen LogP contribution >= 0.6 is 0 Å². The highest BCUT2D eigenvalue weighted by molar-refractivity contribution is 5.94. The molecule has 0 aliphatic rings. The van der Waals surface area contributed by atoms with Crippen LogP contribution in [0, 0.1) is 6.92 Å². The molecule has 1 amide bonds. The number of hydrogen-bond acceptors (Lipinski definition) is 3. The average molecular weight is 289 g/mol. The van der Waals surface area contributed by atoms with Crippen molar-refractivity contribution in [2.45, 2.75) is 25.6 Å². The minimum Gasteiger partial charge on any atom is -0.350 e. The summed E-state index contributed by atoms with van der Waals surface area (Å²) in [7, 11) is 0. The van der Waals surface area contributed by atoms with Crippen molar-refractivity contribution in [1.82, 2.24) is 5.32 Å². The van der Waals surface area contributed by atoms with Gasteiger partial charge in [0.25, 0.3) is 5.91 Å². The number of nitrogens with two attached hydrogens (primary N) is 2. The molecule has 1 aromatic carbocycles. The molecule has 20 heavy (non-hydrogen) atoms. The number of halogens is 3. The summed E-state index contributed by atoms with van der Waals surface area (Å²) < 4.78 is 38.0. The second-order valence-corrected chi connectivity index (χ2v) is 4.63. The second-order valence-electron chi connectivity index (χ2n) is 4.63. The number of amides is 1. The zero-order chi connectivity index (χ0) is 15.3. The minimum absolute atomic E-state index is 0.0303. The number of rotatable bonds is 5. The van der Waals surface area contributed by atoms with Crippen molar-refractivity contribution < 1.29 is 18.0 Å². The highest BCUT2D eigenvalue weighted by atomic mass is 19.4. The standard InChI is InChI=1S/C13H18F3N3O/c1-8-4-9(6-10(5-8)13(14,15)16)12(20)19-7-11(18)2-3-17/h4-6,11H,2-3,7,17-18H2,1H3,(H,19,20)/t11-/m0/s1. The van der Waals surface area contributed by atoms with Crippen molar-refractivity contribution in [3.63, 3.8) is 0 Å². The first kappa shape index (κ1) is 16.5. The molecule has 0 bridgehead atoms. The zero-order valence-corrected chi connectivity index (χ0v) is 11.1. The van der Waals surface area contributed by atoms with E-state index in [9.17, 15) is 18.0 Å². The van der Waals surface area contributed by atoms with Gasteiger partial charge in [-0.2, -0.15) is 13.2 Å². The van der Waals surface area contributed by atoms with E-state index >= 15 is 0 Å². The third-order valence-corrected chi connectivity index (χ3v) is 2.73. The van der Waals surface area contributed by atoms with Crippen molar-refractivity contribution in [3.05, 3.63) is 34.9 Å². The molecule has 0 spiro atoms. The summed E-state index contributed by atoms with van der Waals surface area (Å²) >= 11 is 0. The Hall–Kier alpha value is -1.60. The van der Waals surface area contributed by atoms with Gasteiger partial charge in [-0.15, -0.1) is 0 Å². The van der Waals surface area contributed by atoms with Crippen molar-refractivity contribution in [2.75, 3.05) is 13.1 Å². The molecular weight excluding hydrogens is 271 g/mol. The van der Waals surface area contributed by atoms with Gasteiger partial charge >= 0.3 is 6.18 Å². The van der Waals surface area contributed by atoms with Crippen molar-refractivity contribution in [2.24, 2.45) is 11.5 Å². The maximum atomic E-state index is 12.7. The summed E-state index contributed by atoms with van der Waals surface area (Å²) in [6.45, 7) is 2.07. The Morgan fingerprint density at radius 3 is 2.55 bits per heavy atom. The molecule has 0 radical (unpaired) electrons. The Kier molecular flexibility index (Phi) is 5.52. The van der Waals surface area contributed by atoms with Gasteiger partial charge in [0.05, 0.1) is 5.56 Å². The van der Waals surface area contributed by atoms with E-state index < -0.39 is 17.6 Å². The molecule has 7 heteroatoms. The van der Waals surface area contributed by atoms with Crippen LogP contribution in [0.3, 0.4) is 0 Å². The number of carbonyl (C=O) groups is 1. The molecule has 0 aromatic heterocycles. The van der Waals surface area contributed by atoms with Gasteiger partial charge in [-0.05, 0) is 43.7 Å². The molecule has 0 aliphatic carbocycles. The molecule has 0 fully saturated rings. The number of nitrogens with one attached hydrogen (secondary N) is 1. The van der Waals surface area contributed by atoms with E-state index in [0.717, 1.165) is 12.1 Å². The van der Waals surface area contributed by atoms with Crippen molar-refractivity contribution in [3.8, 4) is 0 Å². The third-order valence-electron chi connectivity index (χ3n) is 2.73. The van der Waals surface area contributed by atoms with Gasteiger partial charge in [0.1, 0.15) is 0 Å². The van der Waals surface area contributed by atoms with Gasteiger partial charge in [0.15, 0.2) is 0 Å². The highest BCUT2D eigenvalue weighted by Crippen LogP contribution is 2.30. The summed E-state index contributed by atoms with van der Waals surface area (Å²) in [5.74, 6) is -0.577. The van der Waals surface area contributed by atoms with Crippen LogP contribution in [-0.4, -0.2) is 25.0 Å². The summed E-state index contributed by atoms with van der Waals surface area (Å²) in [6.07, 6.45) is -3.95. The number of hydrogen-bond donors (Lipinski definition) is 3. The predicted molar refractivity (Wildman–Crippen MR) is 70.2 cm³/mol. The Balaban J connectivity index is 2.81. The van der Waals surface area contributed by atoms with E-state index in [-0.39, 0.29) is 18.2 Å². The maximum Gasteiger partial charge on any atom is 0.416 e. The first-order valence-electron chi connectivity index (χ1n) is 6.16. The Morgan fingerprint density at radius 1 is 1.35 bits per heavy atom. The predicted octanol–water partition coefficient (Wildman–Crippen LogP) is 1.42. The lowest BCUT2D eigenvalue weighted by molar-refractivity contribution is -0.137. The number of benzene rings is 1. The quantitative estimate of drug-likeness (QED) is 0.767. The van der Waals surface area contributed by atoms with Gasteiger partial charge < -0.3 is 16.8 Å². The molecule has 1 atom stereocenters.